The Morgan fingerprint density at radius 2 is 1.80 bits per heavy atom. The van der Waals surface area contributed by atoms with Gasteiger partial charge in [-0.15, -0.1) is 0 Å². The number of nitrogens with one attached hydrogen (secondary N) is 2. The van der Waals surface area contributed by atoms with Crippen LogP contribution < -0.4 is 10.9 Å². The molecule has 0 radical (unpaired) electrons. The highest BCUT2D eigenvalue weighted by atomic mass is 32.2. The van der Waals surface area contributed by atoms with E-state index >= 15 is 0 Å². The van der Waals surface area contributed by atoms with E-state index in [1.165, 1.54) is 24.8 Å². The summed E-state index contributed by atoms with van der Waals surface area (Å²) in [6.45, 7) is 7.14. The zero-order chi connectivity index (χ0) is 18.6. The number of amides is 1. The summed E-state index contributed by atoms with van der Waals surface area (Å²) in [6.07, 6.45) is 0. The Hall–Kier alpha value is -2.41. The molecule has 132 valence electrons. The van der Waals surface area contributed by atoms with Gasteiger partial charge in [0, 0.05) is 17.3 Å². The molecule has 2 rings (SSSR count). The minimum Gasteiger partial charge on any atom is -0.325 e. The van der Waals surface area contributed by atoms with E-state index in [1.54, 1.807) is 31.2 Å². The van der Waals surface area contributed by atoms with Gasteiger partial charge in [0.05, 0.1) is 10.9 Å². The molecule has 25 heavy (non-hydrogen) atoms. The molecule has 0 saturated heterocycles. The number of ketones is 1. The second kappa shape index (κ2) is 8.11. The van der Waals surface area contributed by atoms with Crippen molar-refractivity contribution in [1.29, 1.82) is 0 Å². The SMILES string of the molecule is CC(=O)c1ccc(NC(=O)C(C)Sc2nc(C(C)C)cc(=O)[nH]2)cc1. The first-order chi connectivity index (χ1) is 11.8. The summed E-state index contributed by atoms with van der Waals surface area (Å²) in [5, 5.41) is 2.76. The first-order valence-corrected chi connectivity index (χ1v) is 8.84. The summed E-state index contributed by atoms with van der Waals surface area (Å²) >= 11 is 1.19. The smallest absolute Gasteiger partial charge is 0.251 e. The van der Waals surface area contributed by atoms with Crippen LogP contribution in [0.15, 0.2) is 40.3 Å². The lowest BCUT2D eigenvalue weighted by atomic mass is 10.1. The van der Waals surface area contributed by atoms with Gasteiger partial charge in [-0.2, -0.15) is 0 Å². The molecular formula is C18H21N3O3S. The number of carbonyl (C=O) groups excluding carboxylic acids is 2. The third-order valence-electron chi connectivity index (χ3n) is 3.55. The summed E-state index contributed by atoms with van der Waals surface area (Å²) < 4.78 is 0. The van der Waals surface area contributed by atoms with Crippen molar-refractivity contribution in [3.63, 3.8) is 0 Å². The Labute approximate surface area is 150 Å². The van der Waals surface area contributed by atoms with E-state index in [4.69, 9.17) is 0 Å². The molecule has 1 unspecified atom stereocenters. The molecule has 0 aliphatic heterocycles. The monoisotopic (exact) mass is 359 g/mol. The van der Waals surface area contributed by atoms with Crippen molar-refractivity contribution < 1.29 is 9.59 Å². The van der Waals surface area contributed by atoms with E-state index in [2.05, 4.69) is 15.3 Å². The third kappa shape index (κ3) is 5.29. The summed E-state index contributed by atoms with van der Waals surface area (Å²) in [6, 6.07) is 8.18. The summed E-state index contributed by atoms with van der Waals surface area (Å²) in [4.78, 5) is 42.3. The van der Waals surface area contributed by atoms with Crippen molar-refractivity contribution in [3.8, 4) is 0 Å². The third-order valence-corrected chi connectivity index (χ3v) is 4.53. The van der Waals surface area contributed by atoms with Gasteiger partial charge in [-0.05, 0) is 44.0 Å². The van der Waals surface area contributed by atoms with Crippen LogP contribution >= 0.6 is 11.8 Å². The fourth-order valence-electron chi connectivity index (χ4n) is 2.06. The number of hydrogen-bond donors (Lipinski definition) is 2. The minimum absolute atomic E-state index is 0.0261. The number of aromatic amines is 1. The number of hydrogen-bond acceptors (Lipinski definition) is 5. The Kier molecular flexibility index (Phi) is 6.14. The van der Waals surface area contributed by atoms with Gasteiger partial charge in [0.15, 0.2) is 10.9 Å². The Morgan fingerprint density at radius 1 is 1.16 bits per heavy atom. The normalized spacial score (nSPS) is 12.0. The molecule has 0 aliphatic carbocycles. The molecule has 1 aromatic carbocycles. The number of nitrogens with zero attached hydrogens (tertiary/aromatic N) is 1. The van der Waals surface area contributed by atoms with Crippen LogP contribution in [0.3, 0.4) is 0 Å². The van der Waals surface area contributed by atoms with Crippen molar-refractivity contribution in [3.05, 3.63) is 51.9 Å². The highest BCUT2D eigenvalue weighted by Gasteiger charge is 2.17. The number of anilines is 1. The molecule has 0 fully saturated rings. The van der Waals surface area contributed by atoms with Crippen LogP contribution in [0, 0.1) is 0 Å². The van der Waals surface area contributed by atoms with E-state index in [0.29, 0.717) is 22.1 Å². The van der Waals surface area contributed by atoms with Crippen molar-refractivity contribution in [2.45, 2.75) is 44.0 Å². The number of aromatic nitrogens is 2. The van der Waals surface area contributed by atoms with Gasteiger partial charge in [-0.3, -0.25) is 14.4 Å². The summed E-state index contributed by atoms with van der Waals surface area (Å²) in [5.74, 6) is -0.106. The van der Waals surface area contributed by atoms with E-state index in [9.17, 15) is 14.4 Å². The van der Waals surface area contributed by atoms with E-state index in [-0.39, 0.29) is 23.2 Å². The molecule has 0 aliphatic rings. The van der Waals surface area contributed by atoms with Crippen molar-refractivity contribution in [1.82, 2.24) is 9.97 Å². The average molecular weight is 359 g/mol. The highest BCUT2D eigenvalue weighted by molar-refractivity contribution is 8.00. The predicted octanol–water partition coefficient (Wildman–Crippen LogP) is 3.22. The fourth-order valence-corrected chi connectivity index (χ4v) is 2.88. The molecule has 2 aromatic rings. The van der Waals surface area contributed by atoms with Crippen molar-refractivity contribution in [2.24, 2.45) is 0 Å². The Balaban J connectivity index is 2.05. The summed E-state index contributed by atoms with van der Waals surface area (Å²) in [5.41, 5.74) is 1.67. The number of benzene rings is 1. The molecule has 0 saturated carbocycles. The molecule has 7 heteroatoms. The van der Waals surface area contributed by atoms with Gasteiger partial charge < -0.3 is 10.3 Å². The molecule has 1 aromatic heterocycles. The minimum atomic E-state index is -0.446. The summed E-state index contributed by atoms with van der Waals surface area (Å²) in [7, 11) is 0. The first-order valence-electron chi connectivity index (χ1n) is 7.96. The van der Waals surface area contributed by atoms with Crippen molar-refractivity contribution in [2.75, 3.05) is 5.32 Å². The van der Waals surface area contributed by atoms with Crippen LogP contribution in [-0.4, -0.2) is 26.9 Å². The number of Topliss-reactive ketones (excluding diaryl/α,β-unsaturated/α-hetero) is 1. The predicted molar refractivity (Wildman–Crippen MR) is 99.3 cm³/mol. The topological polar surface area (TPSA) is 91.9 Å². The average Bonchev–Trinajstić information content (AvgIpc) is 2.54. The van der Waals surface area contributed by atoms with Crippen LogP contribution in [0.25, 0.3) is 0 Å². The van der Waals surface area contributed by atoms with Crippen LogP contribution in [0.1, 0.15) is 49.7 Å². The largest absolute Gasteiger partial charge is 0.325 e. The maximum absolute atomic E-state index is 12.3. The number of thioether (sulfide) groups is 1. The van der Waals surface area contributed by atoms with Gasteiger partial charge in [-0.1, -0.05) is 25.6 Å². The molecule has 1 heterocycles. The molecule has 2 N–H and O–H groups in total. The standard InChI is InChI=1S/C18H21N3O3S/c1-10(2)15-9-16(23)21-18(20-15)25-12(4)17(24)19-14-7-5-13(6-8-14)11(3)22/h5-10,12H,1-4H3,(H,19,24)(H,20,21,23). The lowest BCUT2D eigenvalue weighted by Crippen LogP contribution is -2.23. The first kappa shape index (κ1) is 18.9. The lowest BCUT2D eigenvalue weighted by Gasteiger charge is -2.12. The zero-order valence-electron chi connectivity index (χ0n) is 14.6. The van der Waals surface area contributed by atoms with E-state index < -0.39 is 5.25 Å². The molecule has 0 bridgehead atoms. The Bertz CT molecular complexity index is 828. The van der Waals surface area contributed by atoms with Gasteiger partial charge in [0.2, 0.25) is 5.91 Å². The highest BCUT2D eigenvalue weighted by Crippen LogP contribution is 2.21. The van der Waals surface area contributed by atoms with Crippen LogP contribution in [0.2, 0.25) is 0 Å². The lowest BCUT2D eigenvalue weighted by molar-refractivity contribution is -0.115. The Morgan fingerprint density at radius 3 is 2.36 bits per heavy atom. The maximum Gasteiger partial charge on any atom is 0.251 e. The number of rotatable bonds is 6. The van der Waals surface area contributed by atoms with E-state index in [1.807, 2.05) is 13.8 Å². The molecule has 1 atom stereocenters. The van der Waals surface area contributed by atoms with Gasteiger partial charge in [0.1, 0.15) is 0 Å². The zero-order valence-corrected chi connectivity index (χ0v) is 15.4. The van der Waals surface area contributed by atoms with E-state index in [0.717, 1.165) is 0 Å². The molecule has 6 nitrogen and oxygen atoms in total. The van der Waals surface area contributed by atoms with Crippen LogP contribution in [0.5, 0.6) is 0 Å². The van der Waals surface area contributed by atoms with Gasteiger partial charge >= 0.3 is 0 Å². The maximum atomic E-state index is 12.3. The molecule has 1 amide bonds. The molecule has 0 spiro atoms. The second-order valence-corrected chi connectivity index (χ2v) is 7.34. The van der Waals surface area contributed by atoms with Crippen LogP contribution in [0.4, 0.5) is 5.69 Å². The number of carbonyl (C=O) groups is 2. The van der Waals surface area contributed by atoms with Gasteiger partial charge in [0.25, 0.3) is 5.56 Å². The molecular weight excluding hydrogens is 338 g/mol. The number of H-pyrrole nitrogens is 1. The quantitative estimate of drug-likeness (QED) is 0.469. The van der Waals surface area contributed by atoms with Gasteiger partial charge in [-0.25, -0.2) is 4.98 Å². The van der Waals surface area contributed by atoms with Crippen molar-refractivity contribution >= 4 is 29.1 Å². The second-order valence-electron chi connectivity index (χ2n) is 6.01. The van der Waals surface area contributed by atoms with Crippen LogP contribution in [-0.2, 0) is 4.79 Å². The fraction of sp³-hybridized carbons (Fsp3) is 0.333.